The zero-order valence-electron chi connectivity index (χ0n) is 13.7. The van der Waals surface area contributed by atoms with Gasteiger partial charge in [-0.3, -0.25) is 5.43 Å². The number of rotatable bonds is 6. The zero-order valence-corrected chi connectivity index (χ0v) is 13.7. The van der Waals surface area contributed by atoms with Crippen LogP contribution >= 0.6 is 0 Å². The van der Waals surface area contributed by atoms with Crippen LogP contribution in [0.3, 0.4) is 0 Å². The lowest BCUT2D eigenvalue weighted by atomic mass is 10.00. The van der Waals surface area contributed by atoms with Crippen molar-refractivity contribution < 1.29 is 9.47 Å². The van der Waals surface area contributed by atoms with Crippen LogP contribution in [0.5, 0.6) is 11.5 Å². The van der Waals surface area contributed by atoms with Gasteiger partial charge in [-0.25, -0.2) is 5.01 Å². The lowest BCUT2D eigenvalue weighted by Crippen LogP contribution is -2.51. The molecule has 1 fully saturated rings. The van der Waals surface area contributed by atoms with Gasteiger partial charge in [0.25, 0.3) is 0 Å². The Kier molecular flexibility index (Phi) is 5.88. The highest BCUT2D eigenvalue weighted by Crippen LogP contribution is 2.31. The molecule has 0 bridgehead atoms. The number of hydrogen-bond acceptors (Lipinski definition) is 4. The molecule has 1 aromatic carbocycles. The standard InChI is InChI=1S/C17H28N2O2/c1-5-21-16-11-7-10-15(17(16)20-4)12-18-19-13(2)8-6-9-14(19)3/h7,10-11,13-14,18H,5-6,8-9,12H2,1-4H3. The molecule has 0 spiro atoms. The van der Waals surface area contributed by atoms with Crippen LogP contribution < -0.4 is 14.9 Å². The number of benzene rings is 1. The van der Waals surface area contributed by atoms with Gasteiger partial charge in [-0.1, -0.05) is 18.6 Å². The molecule has 1 N–H and O–H groups in total. The first-order valence-corrected chi connectivity index (χ1v) is 7.97. The summed E-state index contributed by atoms with van der Waals surface area (Å²) < 4.78 is 11.2. The van der Waals surface area contributed by atoms with Crippen molar-refractivity contribution in [2.24, 2.45) is 0 Å². The molecule has 21 heavy (non-hydrogen) atoms. The summed E-state index contributed by atoms with van der Waals surface area (Å²) in [5, 5.41) is 2.39. The van der Waals surface area contributed by atoms with E-state index in [1.807, 2.05) is 19.1 Å². The van der Waals surface area contributed by atoms with Crippen molar-refractivity contribution in [3.63, 3.8) is 0 Å². The van der Waals surface area contributed by atoms with E-state index < -0.39 is 0 Å². The highest BCUT2D eigenvalue weighted by atomic mass is 16.5. The molecule has 1 saturated heterocycles. The summed E-state index contributed by atoms with van der Waals surface area (Å²) in [6.45, 7) is 7.97. The van der Waals surface area contributed by atoms with Crippen LogP contribution in [0, 0.1) is 0 Å². The molecule has 118 valence electrons. The first kappa shape index (κ1) is 16.1. The molecule has 2 unspecified atom stereocenters. The number of para-hydroxylation sites is 1. The van der Waals surface area contributed by atoms with Gasteiger partial charge >= 0.3 is 0 Å². The number of nitrogens with zero attached hydrogens (tertiary/aromatic N) is 1. The first-order valence-electron chi connectivity index (χ1n) is 7.97. The third-order valence-electron chi connectivity index (χ3n) is 4.21. The Bertz CT molecular complexity index is 440. The maximum Gasteiger partial charge on any atom is 0.165 e. The average Bonchev–Trinajstić information content (AvgIpc) is 2.47. The first-order chi connectivity index (χ1) is 10.2. The predicted molar refractivity (Wildman–Crippen MR) is 85.6 cm³/mol. The number of piperidine rings is 1. The van der Waals surface area contributed by atoms with Crippen LogP contribution in [-0.4, -0.2) is 30.8 Å². The average molecular weight is 292 g/mol. The van der Waals surface area contributed by atoms with Crippen LogP contribution in [0.2, 0.25) is 0 Å². The van der Waals surface area contributed by atoms with Gasteiger partial charge in [0.1, 0.15) is 0 Å². The molecular formula is C17H28N2O2. The molecule has 1 aromatic rings. The highest BCUT2D eigenvalue weighted by molar-refractivity contribution is 5.46. The fourth-order valence-electron chi connectivity index (χ4n) is 3.11. The van der Waals surface area contributed by atoms with E-state index in [4.69, 9.17) is 9.47 Å². The summed E-state index contributed by atoms with van der Waals surface area (Å²) in [5.74, 6) is 1.66. The zero-order chi connectivity index (χ0) is 15.2. The van der Waals surface area contributed by atoms with Gasteiger partial charge < -0.3 is 9.47 Å². The van der Waals surface area contributed by atoms with E-state index in [9.17, 15) is 0 Å². The van der Waals surface area contributed by atoms with E-state index in [-0.39, 0.29) is 0 Å². The normalized spacial score (nSPS) is 23.0. The third-order valence-corrected chi connectivity index (χ3v) is 4.21. The third kappa shape index (κ3) is 3.89. The van der Waals surface area contributed by atoms with Crippen molar-refractivity contribution in [2.45, 2.75) is 58.7 Å². The van der Waals surface area contributed by atoms with Crippen molar-refractivity contribution in [1.82, 2.24) is 10.4 Å². The van der Waals surface area contributed by atoms with Crippen LogP contribution in [0.1, 0.15) is 45.6 Å². The maximum atomic E-state index is 5.64. The molecule has 1 aliphatic rings. The van der Waals surface area contributed by atoms with E-state index in [2.05, 4.69) is 30.3 Å². The van der Waals surface area contributed by atoms with Crippen molar-refractivity contribution >= 4 is 0 Å². The van der Waals surface area contributed by atoms with Crippen LogP contribution in [0.15, 0.2) is 18.2 Å². The van der Waals surface area contributed by atoms with Crippen molar-refractivity contribution in [3.8, 4) is 11.5 Å². The van der Waals surface area contributed by atoms with Gasteiger partial charge in [0, 0.05) is 24.2 Å². The van der Waals surface area contributed by atoms with Gasteiger partial charge in [0.05, 0.1) is 13.7 Å². The van der Waals surface area contributed by atoms with Crippen LogP contribution in [0.25, 0.3) is 0 Å². The Morgan fingerprint density at radius 2 is 1.95 bits per heavy atom. The van der Waals surface area contributed by atoms with Gasteiger partial charge in [-0.2, -0.15) is 0 Å². The molecule has 0 aromatic heterocycles. The summed E-state index contributed by atoms with van der Waals surface area (Å²) >= 11 is 0. The molecule has 0 aliphatic carbocycles. The molecule has 2 rings (SSSR count). The molecule has 2 atom stereocenters. The van der Waals surface area contributed by atoms with Crippen molar-refractivity contribution in [2.75, 3.05) is 13.7 Å². The summed E-state index contributed by atoms with van der Waals surface area (Å²) in [6, 6.07) is 7.23. The summed E-state index contributed by atoms with van der Waals surface area (Å²) in [6.07, 6.45) is 3.84. The Morgan fingerprint density at radius 1 is 1.24 bits per heavy atom. The fourth-order valence-corrected chi connectivity index (χ4v) is 3.11. The number of nitrogens with one attached hydrogen (secondary N) is 1. The highest BCUT2D eigenvalue weighted by Gasteiger charge is 2.24. The molecule has 4 nitrogen and oxygen atoms in total. The van der Waals surface area contributed by atoms with E-state index in [1.54, 1.807) is 7.11 Å². The van der Waals surface area contributed by atoms with E-state index in [1.165, 1.54) is 19.3 Å². The Balaban J connectivity index is 2.07. The van der Waals surface area contributed by atoms with E-state index in [0.29, 0.717) is 18.7 Å². The van der Waals surface area contributed by atoms with Crippen molar-refractivity contribution in [3.05, 3.63) is 23.8 Å². The molecule has 0 radical (unpaired) electrons. The van der Waals surface area contributed by atoms with Crippen LogP contribution in [0.4, 0.5) is 0 Å². The van der Waals surface area contributed by atoms with E-state index in [0.717, 1.165) is 23.6 Å². The minimum atomic E-state index is 0.579. The minimum absolute atomic E-state index is 0.579. The quantitative estimate of drug-likeness (QED) is 0.871. The largest absolute Gasteiger partial charge is 0.493 e. The molecule has 4 heteroatoms. The lowest BCUT2D eigenvalue weighted by Gasteiger charge is -2.39. The van der Waals surface area contributed by atoms with Gasteiger partial charge in [-0.15, -0.1) is 0 Å². The predicted octanol–water partition coefficient (Wildman–Crippen LogP) is 3.36. The van der Waals surface area contributed by atoms with Gasteiger partial charge in [0.2, 0.25) is 0 Å². The Morgan fingerprint density at radius 3 is 2.57 bits per heavy atom. The monoisotopic (exact) mass is 292 g/mol. The Labute approximate surface area is 128 Å². The Hall–Kier alpha value is -1.26. The summed E-state index contributed by atoms with van der Waals surface area (Å²) in [5.41, 5.74) is 4.71. The summed E-state index contributed by atoms with van der Waals surface area (Å²) in [4.78, 5) is 0. The smallest absolute Gasteiger partial charge is 0.165 e. The number of methoxy groups -OCH3 is 1. The molecule has 0 amide bonds. The minimum Gasteiger partial charge on any atom is -0.493 e. The lowest BCUT2D eigenvalue weighted by molar-refractivity contribution is 0.0432. The second kappa shape index (κ2) is 7.66. The van der Waals surface area contributed by atoms with E-state index >= 15 is 0 Å². The molecule has 0 saturated carbocycles. The maximum absolute atomic E-state index is 5.64. The molecule has 1 aliphatic heterocycles. The number of hydrogen-bond donors (Lipinski definition) is 1. The number of ether oxygens (including phenoxy) is 2. The molecular weight excluding hydrogens is 264 g/mol. The van der Waals surface area contributed by atoms with Crippen LogP contribution in [-0.2, 0) is 6.54 Å². The second-order valence-corrected chi connectivity index (χ2v) is 5.75. The number of hydrazine groups is 1. The topological polar surface area (TPSA) is 33.7 Å². The summed E-state index contributed by atoms with van der Waals surface area (Å²) in [7, 11) is 1.70. The van der Waals surface area contributed by atoms with Gasteiger partial charge in [0.15, 0.2) is 11.5 Å². The van der Waals surface area contributed by atoms with Gasteiger partial charge in [-0.05, 0) is 39.7 Å². The SMILES string of the molecule is CCOc1cccc(CNN2C(C)CCCC2C)c1OC. The molecule has 1 heterocycles. The fraction of sp³-hybridized carbons (Fsp3) is 0.647. The second-order valence-electron chi connectivity index (χ2n) is 5.75. The van der Waals surface area contributed by atoms with Crippen molar-refractivity contribution in [1.29, 1.82) is 0 Å².